The van der Waals surface area contributed by atoms with Gasteiger partial charge in [-0.1, -0.05) is 36.4 Å². The van der Waals surface area contributed by atoms with E-state index in [2.05, 4.69) is 45.1 Å². The summed E-state index contributed by atoms with van der Waals surface area (Å²) in [6, 6.07) is 16.3. The highest BCUT2D eigenvalue weighted by Crippen LogP contribution is 2.30. The van der Waals surface area contributed by atoms with Crippen molar-refractivity contribution in [3.8, 4) is 0 Å². The Morgan fingerprint density at radius 3 is 2.67 bits per heavy atom. The van der Waals surface area contributed by atoms with Crippen molar-refractivity contribution < 1.29 is 9.59 Å². The number of urea groups is 1. The molecule has 0 aromatic heterocycles. The molecule has 0 saturated heterocycles. The summed E-state index contributed by atoms with van der Waals surface area (Å²) >= 11 is 0. The Morgan fingerprint density at radius 2 is 1.81 bits per heavy atom. The molecule has 4 rings (SSSR count). The molecule has 0 unspecified atom stereocenters. The van der Waals surface area contributed by atoms with Crippen LogP contribution in [0.3, 0.4) is 0 Å². The number of nitrogens with one attached hydrogen (secondary N) is 3. The standard InChI is InChI=1S/C21H24N4O2/c26-20(13-22-21(27)23-17-9-10-17)24-18-7-3-1-6-16(18)14-25-12-11-15-5-2-4-8-19(15)25/h1-8,17H,9-14H2,(H,24,26)(H2,22,23,27). The van der Waals surface area contributed by atoms with Gasteiger partial charge in [0.1, 0.15) is 0 Å². The summed E-state index contributed by atoms with van der Waals surface area (Å²) in [6.07, 6.45) is 3.09. The van der Waals surface area contributed by atoms with E-state index >= 15 is 0 Å². The van der Waals surface area contributed by atoms with Gasteiger partial charge in [0.15, 0.2) is 0 Å². The molecule has 1 heterocycles. The second-order valence-corrected chi connectivity index (χ2v) is 7.11. The third kappa shape index (κ3) is 4.39. The van der Waals surface area contributed by atoms with E-state index in [0.717, 1.165) is 43.6 Å². The van der Waals surface area contributed by atoms with E-state index in [4.69, 9.17) is 0 Å². The molecule has 2 aromatic carbocycles. The SMILES string of the molecule is O=C(CNC(=O)NC1CC1)Nc1ccccc1CN1CCc2ccccc21. The monoisotopic (exact) mass is 364 g/mol. The molecule has 27 heavy (non-hydrogen) atoms. The van der Waals surface area contributed by atoms with Crippen molar-refractivity contribution in [2.75, 3.05) is 23.3 Å². The minimum absolute atomic E-state index is 0.0422. The summed E-state index contributed by atoms with van der Waals surface area (Å²) in [5.74, 6) is -0.227. The van der Waals surface area contributed by atoms with Crippen molar-refractivity contribution >= 4 is 23.3 Å². The van der Waals surface area contributed by atoms with Crippen molar-refractivity contribution in [1.82, 2.24) is 10.6 Å². The van der Waals surface area contributed by atoms with Crippen LogP contribution in [0.15, 0.2) is 48.5 Å². The molecule has 0 radical (unpaired) electrons. The second kappa shape index (κ2) is 7.70. The molecule has 3 N–H and O–H groups in total. The number of nitrogens with zero attached hydrogens (tertiary/aromatic N) is 1. The maximum atomic E-state index is 12.2. The van der Waals surface area contributed by atoms with Crippen LogP contribution in [0.25, 0.3) is 0 Å². The molecule has 6 nitrogen and oxygen atoms in total. The molecule has 0 atom stereocenters. The van der Waals surface area contributed by atoms with Gasteiger partial charge in [-0.15, -0.1) is 0 Å². The average Bonchev–Trinajstić information content (AvgIpc) is 3.40. The lowest BCUT2D eigenvalue weighted by Gasteiger charge is -2.21. The zero-order valence-electron chi connectivity index (χ0n) is 15.2. The first kappa shape index (κ1) is 17.4. The predicted molar refractivity (Wildman–Crippen MR) is 106 cm³/mol. The Hall–Kier alpha value is -3.02. The number of rotatable bonds is 6. The van der Waals surface area contributed by atoms with Gasteiger partial charge in [0, 0.05) is 30.5 Å². The van der Waals surface area contributed by atoms with Crippen LogP contribution < -0.4 is 20.9 Å². The van der Waals surface area contributed by atoms with Gasteiger partial charge in [0.25, 0.3) is 0 Å². The van der Waals surface area contributed by atoms with E-state index in [9.17, 15) is 9.59 Å². The lowest BCUT2D eigenvalue weighted by Crippen LogP contribution is -2.41. The number of anilines is 2. The first-order valence-corrected chi connectivity index (χ1v) is 9.44. The van der Waals surface area contributed by atoms with Crippen molar-refractivity contribution in [2.24, 2.45) is 0 Å². The van der Waals surface area contributed by atoms with Crippen molar-refractivity contribution in [2.45, 2.75) is 31.8 Å². The number of hydrogen-bond acceptors (Lipinski definition) is 3. The van der Waals surface area contributed by atoms with Crippen LogP contribution >= 0.6 is 0 Å². The fraction of sp³-hybridized carbons (Fsp3) is 0.333. The van der Waals surface area contributed by atoms with E-state index in [-0.39, 0.29) is 24.5 Å². The maximum absolute atomic E-state index is 12.2. The lowest BCUT2D eigenvalue weighted by molar-refractivity contribution is -0.115. The molecule has 0 spiro atoms. The third-order valence-corrected chi connectivity index (χ3v) is 4.96. The molecule has 1 saturated carbocycles. The number of benzene rings is 2. The Balaban J connectivity index is 1.36. The number of carbonyl (C=O) groups excluding carboxylic acids is 2. The Labute approximate surface area is 158 Å². The molecule has 6 heteroatoms. The summed E-state index contributed by atoms with van der Waals surface area (Å²) < 4.78 is 0. The molecule has 140 valence electrons. The zero-order valence-corrected chi connectivity index (χ0v) is 15.2. The summed E-state index contributed by atoms with van der Waals surface area (Å²) in [4.78, 5) is 26.2. The number of amides is 3. The Morgan fingerprint density at radius 1 is 1.04 bits per heavy atom. The third-order valence-electron chi connectivity index (χ3n) is 4.96. The van der Waals surface area contributed by atoms with Gasteiger partial charge in [0.05, 0.1) is 6.54 Å². The molecule has 2 aliphatic rings. The molecule has 3 amide bonds. The smallest absolute Gasteiger partial charge is 0.315 e. The maximum Gasteiger partial charge on any atom is 0.315 e. The average molecular weight is 364 g/mol. The first-order chi connectivity index (χ1) is 13.2. The van der Waals surface area contributed by atoms with Gasteiger partial charge in [0.2, 0.25) is 5.91 Å². The highest BCUT2D eigenvalue weighted by molar-refractivity contribution is 5.95. The van der Waals surface area contributed by atoms with Crippen LogP contribution in [0.5, 0.6) is 0 Å². The lowest BCUT2D eigenvalue weighted by atomic mass is 10.1. The number of hydrogen-bond donors (Lipinski definition) is 3. The van der Waals surface area contributed by atoms with Crippen molar-refractivity contribution in [3.63, 3.8) is 0 Å². The Kier molecular flexibility index (Phi) is 4.96. The highest BCUT2D eigenvalue weighted by atomic mass is 16.2. The van der Waals surface area contributed by atoms with Crippen LogP contribution in [-0.4, -0.2) is 31.1 Å². The quantitative estimate of drug-likeness (QED) is 0.738. The van der Waals surface area contributed by atoms with Gasteiger partial charge in [-0.05, 0) is 42.5 Å². The number of fused-ring (bicyclic) bond motifs is 1. The highest BCUT2D eigenvalue weighted by Gasteiger charge is 2.23. The topological polar surface area (TPSA) is 73.5 Å². The van der Waals surface area contributed by atoms with E-state index in [1.807, 2.05) is 24.3 Å². The fourth-order valence-corrected chi connectivity index (χ4v) is 3.38. The number of carbonyl (C=O) groups is 2. The summed E-state index contributed by atoms with van der Waals surface area (Å²) in [5, 5.41) is 8.34. The zero-order chi connectivity index (χ0) is 18.6. The minimum atomic E-state index is -0.283. The van der Waals surface area contributed by atoms with E-state index < -0.39 is 0 Å². The normalized spacial score (nSPS) is 15.2. The Bertz CT molecular complexity index is 848. The van der Waals surface area contributed by atoms with Crippen LogP contribution in [0, 0.1) is 0 Å². The fourth-order valence-electron chi connectivity index (χ4n) is 3.38. The molecule has 1 aliphatic heterocycles. The van der Waals surface area contributed by atoms with Gasteiger partial charge in [-0.3, -0.25) is 4.79 Å². The second-order valence-electron chi connectivity index (χ2n) is 7.11. The molecular weight excluding hydrogens is 340 g/mol. The predicted octanol–water partition coefficient (Wildman–Crippen LogP) is 2.65. The summed E-state index contributed by atoms with van der Waals surface area (Å²) in [7, 11) is 0. The van der Waals surface area contributed by atoms with Crippen molar-refractivity contribution in [1.29, 1.82) is 0 Å². The van der Waals surface area contributed by atoms with Gasteiger partial charge < -0.3 is 20.9 Å². The van der Waals surface area contributed by atoms with Gasteiger partial charge in [-0.25, -0.2) is 4.79 Å². The largest absolute Gasteiger partial charge is 0.367 e. The number of para-hydroxylation sites is 2. The minimum Gasteiger partial charge on any atom is -0.367 e. The van der Waals surface area contributed by atoms with Crippen LogP contribution in [0.1, 0.15) is 24.0 Å². The molecule has 1 aliphatic carbocycles. The van der Waals surface area contributed by atoms with Crippen LogP contribution in [0.2, 0.25) is 0 Å². The molecular formula is C21H24N4O2. The van der Waals surface area contributed by atoms with Crippen LogP contribution in [0.4, 0.5) is 16.2 Å². The summed E-state index contributed by atoms with van der Waals surface area (Å²) in [6.45, 7) is 1.67. The van der Waals surface area contributed by atoms with Crippen molar-refractivity contribution in [3.05, 3.63) is 59.7 Å². The summed E-state index contributed by atoms with van der Waals surface area (Å²) in [5.41, 5.74) is 4.48. The molecule has 0 bridgehead atoms. The van der Waals surface area contributed by atoms with E-state index in [0.29, 0.717) is 0 Å². The van der Waals surface area contributed by atoms with E-state index in [1.54, 1.807) is 0 Å². The van der Waals surface area contributed by atoms with Gasteiger partial charge >= 0.3 is 6.03 Å². The molecule has 1 fully saturated rings. The van der Waals surface area contributed by atoms with Gasteiger partial charge in [-0.2, -0.15) is 0 Å². The molecule has 2 aromatic rings. The van der Waals surface area contributed by atoms with Crippen LogP contribution in [-0.2, 0) is 17.8 Å². The first-order valence-electron chi connectivity index (χ1n) is 9.44. The van der Waals surface area contributed by atoms with E-state index in [1.165, 1.54) is 11.3 Å².